The van der Waals surface area contributed by atoms with Gasteiger partial charge in [-0.05, 0) is 59.6 Å². The number of rotatable bonds is 5. The Labute approximate surface area is 169 Å². The normalized spacial score (nSPS) is 19.9. The van der Waals surface area contributed by atoms with Crippen LogP contribution in [0, 0.1) is 5.92 Å². The van der Waals surface area contributed by atoms with Crippen molar-refractivity contribution in [3.8, 4) is 5.75 Å². The zero-order valence-electron chi connectivity index (χ0n) is 17.6. The fourth-order valence-corrected chi connectivity index (χ4v) is 3.75. The van der Waals surface area contributed by atoms with E-state index in [2.05, 4.69) is 45.1 Å². The molecule has 2 aromatic rings. The number of ether oxygens (including phenoxy) is 1. The van der Waals surface area contributed by atoms with Crippen LogP contribution in [-0.4, -0.2) is 11.9 Å². The molecule has 1 amide bonds. The van der Waals surface area contributed by atoms with Crippen LogP contribution in [0.15, 0.2) is 48.5 Å². The quantitative estimate of drug-likeness (QED) is 0.705. The first-order chi connectivity index (χ1) is 13.3. The summed E-state index contributed by atoms with van der Waals surface area (Å²) in [7, 11) is 0. The third-order valence-electron chi connectivity index (χ3n) is 5.77. The predicted octanol–water partition coefficient (Wildman–Crippen LogP) is 5.87. The molecule has 28 heavy (non-hydrogen) atoms. The summed E-state index contributed by atoms with van der Waals surface area (Å²) in [5.74, 6) is 1.46. The topological polar surface area (TPSA) is 38.3 Å². The van der Waals surface area contributed by atoms with Gasteiger partial charge in [0.15, 0.2) is 0 Å². The SMILES string of the molecule is C[C@H]1CCCC[C@H]1NC(=O)c1ccc(COc2ccc(C(C)(C)C)cc2)cc1. The molecule has 0 radical (unpaired) electrons. The number of amides is 1. The minimum absolute atomic E-state index is 0.0315. The van der Waals surface area contributed by atoms with Crippen molar-refractivity contribution in [1.82, 2.24) is 5.32 Å². The van der Waals surface area contributed by atoms with E-state index in [1.165, 1.54) is 24.8 Å². The first-order valence-electron chi connectivity index (χ1n) is 10.5. The van der Waals surface area contributed by atoms with Gasteiger partial charge >= 0.3 is 0 Å². The predicted molar refractivity (Wildman–Crippen MR) is 115 cm³/mol. The molecule has 0 aromatic heterocycles. The summed E-state index contributed by atoms with van der Waals surface area (Å²) in [5.41, 5.74) is 3.21. The second kappa shape index (κ2) is 8.81. The first-order valence-corrected chi connectivity index (χ1v) is 10.5. The van der Waals surface area contributed by atoms with Crippen LogP contribution in [0.3, 0.4) is 0 Å². The van der Waals surface area contributed by atoms with Crippen molar-refractivity contribution in [2.24, 2.45) is 5.92 Å². The average Bonchev–Trinajstić information content (AvgIpc) is 2.68. The van der Waals surface area contributed by atoms with Gasteiger partial charge < -0.3 is 10.1 Å². The van der Waals surface area contributed by atoms with Crippen LogP contribution in [0.4, 0.5) is 0 Å². The van der Waals surface area contributed by atoms with Gasteiger partial charge in [0.05, 0.1) is 0 Å². The average molecular weight is 380 g/mol. The van der Waals surface area contributed by atoms with Crippen molar-refractivity contribution in [3.05, 3.63) is 65.2 Å². The molecule has 1 fully saturated rings. The van der Waals surface area contributed by atoms with E-state index in [4.69, 9.17) is 4.74 Å². The van der Waals surface area contributed by atoms with Crippen LogP contribution >= 0.6 is 0 Å². The second-order valence-electron chi connectivity index (χ2n) is 9.10. The van der Waals surface area contributed by atoms with E-state index in [0.29, 0.717) is 18.6 Å². The Morgan fingerprint density at radius 1 is 1.00 bits per heavy atom. The minimum Gasteiger partial charge on any atom is -0.489 e. The summed E-state index contributed by atoms with van der Waals surface area (Å²) >= 11 is 0. The summed E-state index contributed by atoms with van der Waals surface area (Å²) in [6.07, 6.45) is 4.79. The van der Waals surface area contributed by atoms with Gasteiger partial charge in [-0.2, -0.15) is 0 Å². The maximum atomic E-state index is 12.5. The number of benzene rings is 2. The van der Waals surface area contributed by atoms with Crippen LogP contribution < -0.4 is 10.1 Å². The van der Waals surface area contributed by atoms with Crippen LogP contribution in [0.25, 0.3) is 0 Å². The second-order valence-corrected chi connectivity index (χ2v) is 9.10. The van der Waals surface area contributed by atoms with E-state index >= 15 is 0 Å². The van der Waals surface area contributed by atoms with Crippen LogP contribution in [0.5, 0.6) is 5.75 Å². The van der Waals surface area contributed by atoms with Gasteiger partial charge in [0.25, 0.3) is 5.91 Å². The number of hydrogen-bond donors (Lipinski definition) is 1. The highest BCUT2D eigenvalue weighted by molar-refractivity contribution is 5.94. The molecule has 1 aliphatic rings. The molecule has 0 saturated heterocycles. The Hall–Kier alpha value is -2.29. The summed E-state index contributed by atoms with van der Waals surface area (Å²) < 4.78 is 5.90. The van der Waals surface area contributed by atoms with Crippen molar-refractivity contribution in [2.45, 2.75) is 71.4 Å². The number of nitrogens with one attached hydrogen (secondary N) is 1. The molecule has 1 N–H and O–H groups in total. The van der Waals surface area contributed by atoms with Gasteiger partial charge in [0.1, 0.15) is 12.4 Å². The smallest absolute Gasteiger partial charge is 0.251 e. The van der Waals surface area contributed by atoms with Crippen molar-refractivity contribution < 1.29 is 9.53 Å². The third-order valence-corrected chi connectivity index (χ3v) is 5.77. The Bertz CT molecular complexity index is 772. The maximum Gasteiger partial charge on any atom is 0.251 e. The molecular formula is C25H33NO2. The Morgan fingerprint density at radius 2 is 1.64 bits per heavy atom. The standard InChI is InChI=1S/C25H33NO2/c1-18-7-5-6-8-23(18)26-24(27)20-11-9-19(10-12-20)17-28-22-15-13-21(14-16-22)25(2,3)4/h9-16,18,23H,5-8,17H2,1-4H3,(H,26,27)/t18-,23+/m0/s1. The monoisotopic (exact) mass is 379 g/mol. The van der Waals surface area contributed by atoms with Gasteiger partial charge in [0, 0.05) is 11.6 Å². The summed E-state index contributed by atoms with van der Waals surface area (Å²) in [4.78, 5) is 12.5. The lowest BCUT2D eigenvalue weighted by atomic mass is 9.86. The van der Waals surface area contributed by atoms with Crippen LogP contribution in [0.1, 0.15) is 74.9 Å². The van der Waals surface area contributed by atoms with Crippen LogP contribution in [0.2, 0.25) is 0 Å². The zero-order chi connectivity index (χ0) is 20.1. The highest BCUT2D eigenvalue weighted by Crippen LogP contribution is 2.25. The molecule has 2 aromatic carbocycles. The minimum atomic E-state index is 0.0315. The number of hydrogen-bond acceptors (Lipinski definition) is 2. The van der Waals surface area contributed by atoms with E-state index < -0.39 is 0 Å². The number of carbonyl (C=O) groups is 1. The van der Waals surface area contributed by atoms with E-state index in [-0.39, 0.29) is 11.3 Å². The molecule has 2 atom stereocenters. The van der Waals surface area contributed by atoms with Crippen molar-refractivity contribution in [3.63, 3.8) is 0 Å². The number of carbonyl (C=O) groups excluding carboxylic acids is 1. The third kappa shape index (κ3) is 5.37. The van der Waals surface area contributed by atoms with E-state index in [1.807, 2.05) is 36.4 Å². The Balaban J connectivity index is 1.53. The summed E-state index contributed by atoms with van der Waals surface area (Å²) in [6.45, 7) is 9.34. The van der Waals surface area contributed by atoms with Gasteiger partial charge in [0.2, 0.25) is 0 Å². The lowest BCUT2D eigenvalue weighted by Gasteiger charge is -2.29. The molecule has 0 aliphatic heterocycles. The van der Waals surface area contributed by atoms with Gasteiger partial charge in [-0.3, -0.25) is 4.79 Å². The maximum absolute atomic E-state index is 12.5. The fourth-order valence-electron chi connectivity index (χ4n) is 3.75. The van der Waals surface area contributed by atoms with Gasteiger partial charge in [-0.1, -0.05) is 64.8 Å². The van der Waals surface area contributed by atoms with E-state index in [1.54, 1.807) is 0 Å². The van der Waals surface area contributed by atoms with E-state index in [9.17, 15) is 4.79 Å². The molecule has 0 unspecified atom stereocenters. The van der Waals surface area contributed by atoms with E-state index in [0.717, 1.165) is 23.3 Å². The fraction of sp³-hybridized carbons (Fsp3) is 0.480. The molecule has 1 aliphatic carbocycles. The zero-order valence-corrected chi connectivity index (χ0v) is 17.6. The lowest BCUT2D eigenvalue weighted by Crippen LogP contribution is -2.41. The molecule has 0 spiro atoms. The Morgan fingerprint density at radius 3 is 2.25 bits per heavy atom. The highest BCUT2D eigenvalue weighted by atomic mass is 16.5. The molecule has 3 rings (SSSR count). The molecule has 1 saturated carbocycles. The van der Waals surface area contributed by atoms with Crippen molar-refractivity contribution >= 4 is 5.91 Å². The highest BCUT2D eigenvalue weighted by Gasteiger charge is 2.23. The van der Waals surface area contributed by atoms with Gasteiger partial charge in [-0.15, -0.1) is 0 Å². The molecule has 0 heterocycles. The van der Waals surface area contributed by atoms with Crippen molar-refractivity contribution in [1.29, 1.82) is 0 Å². The Kier molecular flexibility index (Phi) is 6.43. The largest absolute Gasteiger partial charge is 0.489 e. The van der Waals surface area contributed by atoms with Crippen LogP contribution in [-0.2, 0) is 12.0 Å². The van der Waals surface area contributed by atoms with Gasteiger partial charge in [-0.25, -0.2) is 0 Å². The first kappa shape index (κ1) is 20.4. The molecule has 0 bridgehead atoms. The summed E-state index contributed by atoms with van der Waals surface area (Å²) in [5, 5.41) is 3.21. The van der Waals surface area contributed by atoms with Crippen molar-refractivity contribution in [2.75, 3.05) is 0 Å². The molecule has 3 nitrogen and oxygen atoms in total. The summed E-state index contributed by atoms with van der Waals surface area (Å²) in [6, 6.07) is 16.3. The lowest BCUT2D eigenvalue weighted by molar-refractivity contribution is 0.0910. The molecular weight excluding hydrogens is 346 g/mol. The molecule has 150 valence electrons. The molecule has 3 heteroatoms.